The number of carboxylic acid groups (broad SMARTS) is 1. The van der Waals surface area contributed by atoms with E-state index in [0.29, 0.717) is 25.9 Å². The first-order valence-corrected chi connectivity index (χ1v) is 5.54. The summed E-state index contributed by atoms with van der Waals surface area (Å²) < 4.78 is 0. The van der Waals surface area contributed by atoms with Crippen LogP contribution in [0.25, 0.3) is 0 Å². The van der Waals surface area contributed by atoms with Crippen LogP contribution in [0, 0.1) is 5.41 Å². The van der Waals surface area contributed by atoms with E-state index in [2.05, 4.69) is 18.5 Å². The summed E-state index contributed by atoms with van der Waals surface area (Å²) in [5, 5.41) is 11.6. The lowest BCUT2D eigenvalue weighted by molar-refractivity contribution is -0.143. The van der Waals surface area contributed by atoms with E-state index in [-0.39, 0.29) is 12.6 Å². The minimum atomic E-state index is -0.836. The number of carbonyl (C=O) groups excluding carboxylic acids is 1. The molecule has 1 aliphatic carbocycles. The van der Waals surface area contributed by atoms with E-state index in [1.807, 2.05) is 0 Å². The van der Waals surface area contributed by atoms with E-state index in [1.165, 1.54) is 4.90 Å². The first-order chi connectivity index (χ1) is 8.05. The number of urea groups is 1. The minimum absolute atomic E-state index is 0.186. The molecule has 0 aromatic heterocycles. The van der Waals surface area contributed by atoms with Crippen molar-refractivity contribution in [2.75, 3.05) is 19.6 Å². The van der Waals surface area contributed by atoms with Crippen molar-refractivity contribution < 1.29 is 14.7 Å². The van der Waals surface area contributed by atoms with Crippen LogP contribution in [0.2, 0.25) is 0 Å². The summed E-state index contributed by atoms with van der Waals surface area (Å²) in [5.74, 6) is -0.836. The van der Waals surface area contributed by atoms with Gasteiger partial charge < -0.3 is 15.3 Å². The maximum Gasteiger partial charge on any atom is 0.317 e. The van der Waals surface area contributed by atoms with Crippen molar-refractivity contribution in [1.29, 1.82) is 0 Å². The number of hydrogen-bond donors (Lipinski definition) is 2. The van der Waals surface area contributed by atoms with Gasteiger partial charge in [0.25, 0.3) is 0 Å². The van der Waals surface area contributed by atoms with E-state index in [9.17, 15) is 9.59 Å². The van der Waals surface area contributed by atoms with Crippen LogP contribution in [0.1, 0.15) is 12.8 Å². The number of hydrogen-bond acceptors (Lipinski definition) is 2. The Hall–Kier alpha value is -1.78. The summed E-state index contributed by atoms with van der Waals surface area (Å²) in [5.41, 5.74) is -0.732. The molecule has 0 aliphatic heterocycles. The summed E-state index contributed by atoms with van der Waals surface area (Å²) >= 11 is 0. The molecular formula is C12H18N2O3. The molecule has 5 nitrogen and oxygen atoms in total. The average Bonchev–Trinajstić information content (AvgIpc) is 3.07. The smallest absolute Gasteiger partial charge is 0.317 e. The molecule has 0 atom stereocenters. The molecule has 0 aromatic carbocycles. The van der Waals surface area contributed by atoms with E-state index in [1.54, 1.807) is 12.2 Å². The van der Waals surface area contributed by atoms with Crippen LogP contribution in [0.5, 0.6) is 0 Å². The number of nitrogens with zero attached hydrogens (tertiary/aromatic N) is 1. The highest BCUT2D eigenvalue weighted by Gasteiger charge is 2.50. The van der Waals surface area contributed by atoms with Crippen molar-refractivity contribution in [3.63, 3.8) is 0 Å². The first kappa shape index (κ1) is 13.3. The van der Waals surface area contributed by atoms with Gasteiger partial charge in [0.1, 0.15) is 0 Å². The monoisotopic (exact) mass is 238 g/mol. The van der Waals surface area contributed by atoms with Crippen LogP contribution >= 0.6 is 0 Å². The van der Waals surface area contributed by atoms with E-state index in [0.717, 1.165) is 0 Å². The number of nitrogens with one attached hydrogen (secondary N) is 1. The minimum Gasteiger partial charge on any atom is -0.481 e. The van der Waals surface area contributed by atoms with E-state index < -0.39 is 11.4 Å². The largest absolute Gasteiger partial charge is 0.481 e. The highest BCUT2D eigenvalue weighted by atomic mass is 16.4. The zero-order valence-corrected chi connectivity index (χ0v) is 9.82. The standard InChI is InChI=1S/C12H18N2O3/c1-3-7-14(8-4-2)11(17)13-9-12(5-6-12)10(15)16/h3-4H,1-2,5-9H2,(H,13,17)(H,15,16). The van der Waals surface area contributed by atoms with Gasteiger partial charge in [-0.1, -0.05) is 12.2 Å². The maximum absolute atomic E-state index is 11.7. The molecule has 0 spiro atoms. The van der Waals surface area contributed by atoms with Gasteiger partial charge in [-0.2, -0.15) is 0 Å². The molecule has 0 unspecified atom stereocenters. The molecule has 17 heavy (non-hydrogen) atoms. The normalized spacial score (nSPS) is 15.8. The lowest BCUT2D eigenvalue weighted by Crippen LogP contribution is -2.43. The van der Waals surface area contributed by atoms with Gasteiger partial charge in [-0.05, 0) is 12.8 Å². The van der Waals surface area contributed by atoms with Gasteiger partial charge in [0.05, 0.1) is 5.41 Å². The Morgan fingerprint density at radius 3 is 2.18 bits per heavy atom. The summed E-state index contributed by atoms with van der Waals surface area (Å²) in [6.07, 6.45) is 4.50. The topological polar surface area (TPSA) is 69.6 Å². The Balaban J connectivity index is 2.44. The predicted molar refractivity (Wildman–Crippen MR) is 64.7 cm³/mol. The molecule has 0 aromatic rings. The quantitative estimate of drug-likeness (QED) is 0.655. The number of rotatable bonds is 7. The predicted octanol–water partition coefficient (Wildman–Crippen LogP) is 1.23. The van der Waals surface area contributed by atoms with Gasteiger partial charge in [0.15, 0.2) is 0 Å². The van der Waals surface area contributed by atoms with E-state index >= 15 is 0 Å². The molecular weight excluding hydrogens is 220 g/mol. The molecule has 2 N–H and O–H groups in total. The summed E-state index contributed by atoms with van der Waals surface area (Å²) in [6, 6.07) is -0.280. The molecule has 1 fully saturated rings. The third kappa shape index (κ3) is 3.34. The zero-order chi connectivity index (χ0) is 12.9. The second kappa shape index (κ2) is 5.52. The van der Waals surface area contributed by atoms with Gasteiger partial charge in [0, 0.05) is 19.6 Å². The molecule has 1 rings (SSSR count). The van der Waals surface area contributed by atoms with Crippen LogP contribution < -0.4 is 5.32 Å². The molecule has 0 heterocycles. The van der Waals surface area contributed by atoms with Crippen LogP contribution in [0.4, 0.5) is 4.79 Å². The van der Waals surface area contributed by atoms with Gasteiger partial charge in [-0.15, -0.1) is 13.2 Å². The second-order valence-electron chi connectivity index (χ2n) is 4.23. The summed E-state index contributed by atoms with van der Waals surface area (Å²) in [6.45, 7) is 8.14. The highest BCUT2D eigenvalue weighted by molar-refractivity contribution is 5.80. The Morgan fingerprint density at radius 1 is 1.29 bits per heavy atom. The molecule has 0 bridgehead atoms. The summed E-state index contributed by atoms with van der Waals surface area (Å²) in [4.78, 5) is 24.2. The van der Waals surface area contributed by atoms with Crippen molar-refractivity contribution in [1.82, 2.24) is 10.2 Å². The third-order valence-corrected chi connectivity index (χ3v) is 2.87. The lowest BCUT2D eigenvalue weighted by atomic mass is 10.1. The van der Waals surface area contributed by atoms with Gasteiger partial charge in [-0.25, -0.2) is 4.79 Å². The molecule has 1 aliphatic rings. The zero-order valence-electron chi connectivity index (χ0n) is 9.82. The molecule has 5 heteroatoms. The Kier molecular flexibility index (Phi) is 4.31. The summed E-state index contributed by atoms with van der Waals surface area (Å²) in [7, 11) is 0. The maximum atomic E-state index is 11.7. The fraction of sp³-hybridized carbons (Fsp3) is 0.500. The fourth-order valence-corrected chi connectivity index (χ4v) is 1.53. The number of carboxylic acids is 1. The SMILES string of the molecule is C=CCN(CC=C)C(=O)NCC1(C(=O)O)CC1. The second-order valence-corrected chi connectivity index (χ2v) is 4.23. The van der Waals surface area contributed by atoms with Crippen LogP contribution in [0.3, 0.4) is 0 Å². The molecule has 2 amide bonds. The van der Waals surface area contributed by atoms with Crippen LogP contribution in [-0.2, 0) is 4.79 Å². The Morgan fingerprint density at radius 2 is 1.82 bits per heavy atom. The average molecular weight is 238 g/mol. The van der Waals surface area contributed by atoms with Gasteiger partial charge in [0.2, 0.25) is 0 Å². The number of aliphatic carboxylic acids is 1. The molecule has 94 valence electrons. The third-order valence-electron chi connectivity index (χ3n) is 2.87. The molecule has 0 radical (unpaired) electrons. The van der Waals surface area contributed by atoms with Gasteiger partial charge >= 0.3 is 12.0 Å². The van der Waals surface area contributed by atoms with E-state index in [4.69, 9.17) is 5.11 Å². The Bertz CT molecular complexity index is 325. The van der Waals surface area contributed by atoms with Crippen molar-refractivity contribution in [2.24, 2.45) is 5.41 Å². The lowest BCUT2D eigenvalue weighted by Gasteiger charge is -2.21. The Labute approximate surface area is 101 Å². The highest BCUT2D eigenvalue weighted by Crippen LogP contribution is 2.45. The van der Waals surface area contributed by atoms with Crippen molar-refractivity contribution in [3.05, 3.63) is 25.3 Å². The van der Waals surface area contributed by atoms with Crippen LogP contribution in [0.15, 0.2) is 25.3 Å². The van der Waals surface area contributed by atoms with Crippen molar-refractivity contribution >= 4 is 12.0 Å². The number of amides is 2. The molecule has 1 saturated carbocycles. The fourth-order valence-electron chi connectivity index (χ4n) is 1.53. The van der Waals surface area contributed by atoms with Gasteiger partial charge in [-0.3, -0.25) is 4.79 Å². The molecule has 0 saturated heterocycles. The van der Waals surface area contributed by atoms with Crippen molar-refractivity contribution in [2.45, 2.75) is 12.8 Å². The first-order valence-electron chi connectivity index (χ1n) is 5.54. The van der Waals surface area contributed by atoms with Crippen molar-refractivity contribution in [3.8, 4) is 0 Å². The van der Waals surface area contributed by atoms with Crippen LogP contribution in [-0.4, -0.2) is 41.6 Å². The number of carbonyl (C=O) groups is 2.